The first-order valence-corrected chi connectivity index (χ1v) is 56.0. The molecule has 0 amide bonds. The average Bonchev–Trinajstić information content (AvgIpc) is 1.42. The summed E-state index contributed by atoms with van der Waals surface area (Å²) in [5, 5.41) is 29.9. The van der Waals surface area contributed by atoms with Crippen molar-refractivity contribution in [2.75, 3.05) is 51.4 Å². The summed E-state index contributed by atoms with van der Waals surface area (Å²) in [5.41, 5.74) is 9.31. The molecule has 3 aromatic carbocycles. The number of aliphatic hydroxyl groups excluding tert-OH is 1. The monoisotopic (exact) mass is 2170 g/mol. The van der Waals surface area contributed by atoms with Gasteiger partial charge >= 0.3 is 30.8 Å². The number of carboxylic acid groups (broad SMARTS) is 1. The summed E-state index contributed by atoms with van der Waals surface area (Å²) in [6.07, 6.45) is 11.5. The zero-order chi connectivity index (χ0) is 93.9. The molecule has 4 saturated heterocycles. The number of carboxylic acids is 1. The number of rotatable bonds is 27. The van der Waals surface area contributed by atoms with Gasteiger partial charge in [0, 0.05) is 63.4 Å². The van der Waals surface area contributed by atoms with Crippen LogP contribution in [0.5, 0.6) is 0 Å². The molecule has 125 heavy (non-hydrogen) atoms. The van der Waals surface area contributed by atoms with Gasteiger partial charge in [0.1, 0.15) is 16.5 Å². The van der Waals surface area contributed by atoms with E-state index in [1.807, 2.05) is 129 Å². The van der Waals surface area contributed by atoms with Crippen LogP contribution in [0.2, 0.25) is 50.6 Å². The molecule has 3 radical (unpaired) electrons. The minimum absolute atomic E-state index is 0. The zero-order valence-electron chi connectivity index (χ0n) is 78.1. The predicted octanol–water partition coefficient (Wildman–Crippen LogP) is 28.2. The number of unbranched alkanes of at least 4 members (excludes halogenated alkanes) is 1. The minimum Gasteiger partial charge on any atom is -0.478 e. The molecule has 703 valence electrons. The quantitative estimate of drug-likeness (QED) is 0.0192. The summed E-state index contributed by atoms with van der Waals surface area (Å²) in [7, 11) is -4.91. The van der Waals surface area contributed by atoms with Gasteiger partial charge in [-0.15, -0.1) is 68.5 Å². The number of halogens is 10. The molecular weight excluding hydrogens is 2030 g/mol. The van der Waals surface area contributed by atoms with Gasteiger partial charge in [-0.3, -0.25) is 9.18 Å². The van der Waals surface area contributed by atoms with Gasteiger partial charge in [0.2, 0.25) is 22.4 Å². The van der Waals surface area contributed by atoms with Gasteiger partial charge in [-0.1, -0.05) is 262 Å². The summed E-state index contributed by atoms with van der Waals surface area (Å²) < 4.78 is 75.2. The van der Waals surface area contributed by atoms with Gasteiger partial charge in [-0.2, -0.15) is 18.2 Å². The van der Waals surface area contributed by atoms with E-state index in [0.717, 1.165) is 94.8 Å². The van der Waals surface area contributed by atoms with Crippen LogP contribution in [-0.2, 0) is 92.2 Å². The number of carbonyl (C=O) groups excluding carboxylic acids is 1. The van der Waals surface area contributed by atoms with Crippen LogP contribution < -0.4 is 18.9 Å². The van der Waals surface area contributed by atoms with E-state index in [1.165, 1.54) is 72.2 Å². The van der Waals surface area contributed by atoms with Crippen molar-refractivity contribution < 1.29 is 91.5 Å². The molecule has 0 saturated carbocycles. The van der Waals surface area contributed by atoms with Crippen LogP contribution in [0, 0.1) is 24.7 Å². The topological polar surface area (TPSA) is 178 Å². The van der Waals surface area contributed by atoms with E-state index in [2.05, 4.69) is 172 Å². The Morgan fingerprint density at radius 3 is 1.20 bits per heavy atom. The molecule has 4 aromatic heterocycles. The molecule has 8 heterocycles. The summed E-state index contributed by atoms with van der Waals surface area (Å²) in [6, 6.07) is 37.5. The summed E-state index contributed by atoms with van der Waals surface area (Å²) in [4.78, 5) is 22.8. The molecule has 0 bridgehead atoms. The number of thiophene rings is 4. The number of esters is 1. The minimum atomic E-state index is -2.12. The molecule has 3 N–H and O–H groups in total. The maximum Gasteiger partial charge on any atom is 1.00 e. The molecule has 4 aliphatic rings. The van der Waals surface area contributed by atoms with Crippen molar-refractivity contribution in [1.29, 1.82) is 0 Å². The Morgan fingerprint density at radius 2 is 0.912 bits per heavy atom. The van der Waals surface area contributed by atoms with Crippen LogP contribution in [0.4, 0.5) is 4.39 Å². The second-order valence-electron chi connectivity index (χ2n) is 31.4. The number of benzene rings is 3. The summed E-state index contributed by atoms with van der Waals surface area (Å²) in [6.45, 7) is 49.8. The van der Waals surface area contributed by atoms with E-state index in [9.17, 15) is 19.1 Å². The number of carbonyl (C=O) groups is 2. The van der Waals surface area contributed by atoms with Gasteiger partial charge in [0.15, 0.2) is 0 Å². The third-order valence-corrected chi connectivity index (χ3v) is 40.4. The first kappa shape index (κ1) is 125. The molecule has 9 atom stereocenters. The van der Waals surface area contributed by atoms with E-state index >= 15 is 0 Å². The SMILES string of the molecule is C1CCOC1.C1CCOC1.CC(C)[Si](OCc1cc(Br)sc1Cl)(C(C)C)C(C)C.CC[C@H]1OC(=O)[C@H](C)[C@@H](OCc2ccccc2)[C@@H]1C.CC[C@H]1OC(O)(c2cc(CO[Si](C(C)C)(C(C)C)C(C)C)c(Cl)s2)[C@H](OCc2ccccc2)[C@@H](OCc2ccccc2)[C@@H]1C.CSC.ClCCl.O=C(O)c1cc(Br)sc1Cl.OCc1cc(Br)sc1Cl.[2H]CF.[B].[CH2-]CCC.[Li+]. The number of hydrogen-bond acceptors (Lipinski definition) is 18. The normalized spacial score (nSPS) is 19.4. The first-order valence-electron chi connectivity index (χ1n) is 42.6. The average molecular weight is 2180 g/mol. The molecule has 4 fully saturated rings. The van der Waals surface area contributed by atoms with Crippen molar-refractivity contribution in [3.05, 3.63) is 195 Å². The molecule has 4 aliphatic heterocycles. The number of thioether (sulfide) groups is 1. The van der Waals surface area contributed by atoms with Crippen LogP contribution in [0.1, 0.15) is 226 Å². The largest absolute Gasteiger partial charge is 1.00 e. The van der Waals surface area contributed by atoms with E-state index in [1.54, 1.807) is 23.1 Å². The van der Waals surface area contributed by atoms with Gasteiger partial charge in [0.05, 0.1) is 113 Å². The van der Waals surface area contributed by atoms with Gasteiger partial charge < -0.3 is 64.3 Å². The van der Waals surface area contributed by atoms with Gasteiger partial charge in [-0.05, 0) is 180 Å². The second kappa shape index (κ2) is 70.2. The molecule has 11 rings (SSSR count). The smallest absolute Gasteiger partial charge is 0.478 e. The first-order chi connectivity index (χ1) is 58.8. The Kier molecular flexibility index (Phi) is 70.0. The summed E-state index contributed by atoms with van der Waals surface area (Å²) in [5.74, 6) is -2.85. The van der Waals surface area contributed by atoms with Crippen molar-refractivity contribution in [1.82, 2.24) is 0 Å². The van der Waals surface area contributed by atoms with Crippen molar-refractivity contribution in [3.8, 4) is 0 Å². The van der Waals surface area contributed by atoms with Crippen molar-refractivity contribution in [2.45, 2.75) is 285 Å². The van der Waals surface area contributed by atoms with E-state index < -0.39 is 47.8 Å². The van der Waals surface area contributed by atoms with Crippen LogP contribution in [0.25, 0.3) is 0 Å². The van der Waals surface area contributed by atoms with E-state index in [-0.39, 0.29) is 86.8 Å². The van der Waals surface area contributed by atoms with E-state index in [0.29, 0.717) is 84.2 Å². The number of alkyl halides is 3. The maximum atomic E-state index is 12.6. The van der Waals surface area contributed by atoms with E-state index in [4.69, 9.17) is 123 Å². The van der Waals surface area contributed by atoms with Crippen molar-refractivity contribution in [3.63, 3.8) is 0 Å². The number of ether oxygens (including phenoxy) is 7. The third-order valence-electron chi connectivity index (χ3n) is 21.0. The fraction of sp³-hybridized carbons (Fsp3) is 0.598. The molecule has 7 aromatic rings. The molecular formula is C92H139BBr3Cl6FLiO14S5Si2. The Hall–Kier alpha value is -0.444. The number of cyclic esters (lactones) is 1. The van der Waals surface area contributed by atoms with Crippen LogP contribution in [0.15, 0.2) is 127 Å². The molecule has 0 spiro atoms. The Bertz CT molecular complexity index is 3860. The Balaban J connectivity index is 0. The second-order valence-corrected chi connectivity index (χ2v) is 54.7. The number of aliphatic hydroxyl groups is 2. The van der Waals surface area contributed by atoms with Crippen LogP contribution in [-0.4, -0.2) is 134 Å². The number of aromatic carboxylic acids is 1. The summed E-state index contributed by atoms with van der Waals surface area (Å²) >= 11 is 51.0. The van der Waals surface area contributed by atoms with Crippen LogP contribution >= 0.6 is 175 Å². The zero-order valence-corrected chi connectivity index (χ0v) is 92.5. The Labute approximate surface area is 843 Å². The van der Waals surface area contributed by atoms with Gasteiger partial charge in [0.25, 0.3) is 0 Å². The van der Waals surface area contributed by atoms with Crippen molar-refractivity contribution in [2.24, 2.45) is 17.8 Å². The van der Waals surface area contributed by atoms with Gasteiger partial charge in [-0.25, -0.2) is 4.79 Å². The predicted molar refractivity (Wildman–Crippen MR) is 546 cm³/mol. The number of hydrogen-bond donors (Lipinski definition) is 3. The maximum absolute atomic E-state index is 12.6. The van der Waals surface area contributed by atoms with Crippen molar-refractivity contribution >= 4 is 211 Å². The fourth-order valence-electron chi connectivity index (χ4n) is 15.0. The fourth-order valence-corrected chi connectivity index (χ4v) is 33.1. The molecule has 1 unspecified atom stereocenters. The molecule has 0 aliphatic carbocycles. The molecule has 33 heteroatoms. The Morgan fingerprint density at radius 1 is 0.584 bits per heavy atom. The standard InChI is InChI=1S/C36H51ClO5SSi.C16H22O3.C14H24BrClOSSi.C5H2BrClO2S.C5H4BrClOS.2C4H8O.C4H9.C2H6S.CH2Cl2.CH3F.B.Li/c1-9-31-27(8)33(39-21-28-16-12-10-13-17-28)34(40-22-29-18-14-11-15-19-29)36(38,42-31)32-20-30(35(37)43-32)23-41-44(24(2)3,25(4)5)26(6)7;1-4-14-11(2)15(12(3)16(17)19-14)18-10-13-8-6-5-7-9-13;1-9(2)19(10(3)4,11(5)6)17-8-12-7-13(15)18-14(12)16;6-3-1-2(5(8)9)4(7)10-3;6-4-1-3(2-8)5(7)9-4;2*1-2-4-5-3-1;1-3-4-2;1-3-2;2-1-3;1-2;;/h10-20,24-27,31,33-34,38H,9,21-23H2,1-8H3;5-9,11-12,14-15H,4,10H2,1-3H3;7,9-11H,8H2,1-6H3;1H,(H,8,9);1,8H,2H2;2*1-4H2;1,3-4H2,2H3;1-2H3;1H2;1H3;;/q;;;;;;;-1;;;;;+1/t27-,31-,33+,34-,36?;11-,12-,14-,15+;;;;;;;;;;;/m11.........../s1/i;;;;;;;;;;1D;;. The molecule has 14 nitrogen and oxygen atoms in total. The van der Waals surface area contributed by atoms with Crippen LogP contribution in [0.3, 0.4) is 0 Å². The third kappa shape index (κ3) is 43.6.